The van der Waals surface area contributed by atoms with Gasteiger partial charge in [-0.1, -0.05) is 0 Å². The molecule has 0 aromatic heterocycles. The summed E-state index contributed by atoms with van der Waals surface area (Å²) in [6.45, 7) is 4.36. The second-order valence-electron chi connectivity index (χ2n) is 2.38. The fraction of sp³-hybridized carbons (Fsp3) is 1.00. The Kier molecular flexibility index (Phi) is 5.89. The van der Waals surface area contributed by atoms with Gasteiger partial charge in [-0.15, -0.1) is 0 Å². The zero-order valence-corrected chi connectivity index (χ0v) is 8.68. The molecular formula is C7H17IN-. The van der Waals surface area contributed by atoms with E-state index in [1.165, 1.54) is 12.8 Å². The Hall–Kier alpha value is 0.690. The number of nitrogens with two attached hydrogens (primary N) is 1. The summed E-state index contributed by atoms with van der Waals surface area (Å²) < 4.78 is 0.855. The zero-order valence-electron chi connectivity index (χ0n) is 6.52. The Bertz CT molecular complexity index is 63.9. The molecule has 9 heavy (non-hydrogen) atoms. The second kappa shape index (κ2) is 5.47. The molecule has 0 aromatic rings. The van der Waals surface area contributed by atoms with Crippen molar-refractivity contribution < 1.29 is 21.2 Å². The molecule has 2 atom stereocenters. The van der Waals surface area contributed by atoms with Crippen molar-refractivity contribution in [3.05, 3.63) is 0 Å². The zero-order chi connectivity index (χ0) is 7.28. The summed E-state index contributed by atoms with van der Waals surface area (Å²) in [6.07, 6.45) is 2.63. The van der Waals surface area contributed by atoms with Crippen molar-refractivity contribution in [3.63, 3.8) is 0 Å². The number of alkyl halides is 2. The Labute approximate surface area is 68.7 Å². The quantitative estimate of drug-likeness (QED) is 0.458. The van der Waals surface area contributed by atoms with Gasteiger partial charge in [-0.2, -0.15) is 0 Å². The van der Waals surface area contributed by atoms with E-state index in [-0.39, 0.29) is 0 Å². The number of hydrogen-bond donors (Lipinski definition) is 1. The van der Waals surface area contributed by atoms with E-state index in [0.29, 0.717) is 27.2 Å². The Morgan fingerprint density at radius 1 is 1.56 bits per heavy atom. The molecule has 0 saturated carbocycles. The molecule has 0 radical (unpaired) electrons. The minimum atomic E-state index is 0.370. The molecule has 0 aliphatic carbocycles. The Morgan fingerprint density at radius 2 is 2.11 bits per heavy atom. The number of hydrogen-bond acceptors (Lipinski definition) is 1. The van der Waals surface area contributed by atoms with Crippen molar-refractivity contribution in [1.29, 1.82) is 0 Å². The second-order valence-corrected chi connectivity index (χ2v) is 5.23. The van der Waals surface area contributed by atoms with Gasteiger partial charge in [-0.25, -0.2) is 0 Å². The fourth-order valence-electron chi connectivity index (χ4n) is 0.847. The standard InChI is InChI=1S/C7H17IN/c1-4-5-7(8-3)6(2)9/h6-7H,4-5,9H2,1-3H3/q-1. The van der Waals surface area contributed by atoms with Crippen LogP contribution in [0.15, 0.2) is 0 Å². The van der Waals surface area contributed by atoms with Crippen LogP contribution < -0.4 is 26.9 Å². The molecule has 0 saturated heterocycles. The molecule has 0 aromatic carbocycles. The summed E-state index contributed by atoms with van der Waals surface area (Å²) >= 11 is 0.370. The van der Waals surface area contributed by atoms with Crippen LogP contribution in [0.1, 0.15) is 26.7 Å². The minimum absolute atomic E-state index is 0.370. The van der Waals surface area contributed by atoms with Crippen molar-refractivity contribution >= 4 is 0 Å². The SMILES string of the molecule is CCCC([I-]C)C(C)N. The van der Waals surface area contributed by atoms with Gasteiger partial charge in [0, 0.05) is 0 Å². The van der Waals surface area contributed by atoms with Crippen LogP contribution >= 0.6 is 0 Å². The molecule has 0 spiro atoms. The van der Waals surface area contributed by atoms with Crippen molar-refractivity contribution in [2.45, 2.75) is 36.7 Å². The average Bonchev–Trinajstić information content (AvgIpc) is 1.82. The monoisotopic (exact) mass is 242 g/mol. The molecule has 2 heteroatoms. The van der Waals surface area contributed by atoms with Crippen LogP contribution in [-0.4, -0.2) is 14.9 Å². The summed E-state index contributed by atoms with van der Waals surface area (Å²) in [7, 11) is 0. The van der Waals surface area contributed by atoms with Gasteiger partial charge in [0.25, 0.3) is 0 Å². The first-order valence-corrected chi connectivity index (χ1v) is 6.86. The molecule has 2 unspecified atom stereocenters. The van der Waals surface area contributed by atoms with E-state index in [4.69, 9.17) is 5.73 Å². The molecule has 0 aliphatic rings. The van der Waals surface area contributed by atoms with E-state index in [0.717, 1.165) is 3.92 Å². The molecule has 0 bridgehead atoms. The first-order valence-electron chi connectivity index (χ1n) is 3.46. The molecule has 58 valence electrons. The van der Waals surface area contributed by atoms with Gasteiger partial charge in [-0.3, -0.25) is 0 Å². The van der Waals surface area contributed by atoms with E-state index in [1.807, 2.05) is 0 Å². The number of halogens is 1. The predicted octanol–water partition coefficient (Wildman–Crippen LogP) is -1.78. The van der Waals surface area contributed by atoms with Crippen LogP contribution in [0.2, 0.25) is 0 Å². The summed E-state index contributed by atoms with van der Waals surface area (Å²) in [5, 5.41) is 0. The van der Waals surface area contributed by atoms with Gasteiger partial charge < -0.3 is 0 Å². The van der Waals surface area contributed by atoms with E-state index in [1.54, 1.807) is 0 Å². The van der Waals surface area contributed by atoms with Crippen LogP contribution in [0.3, 0.4) is 0 Å². The van der Waals surface area contributed by atoms with Gasteiger partial charge in [0.05, 0.1) is 0 Å². The van der Waals surface area contributed by atoms with E-state index in [2.05, 4.69) is 18.8 Å². The first kappa shape index (κ1) is 9.69. The summed E-state index contributed by atoms with van der Waals surface area (Å²) in [6, 6.07) is 0.433. The van der Waals surface area contributed by atoms with Gasteiger partial charge in [0.2, 0.25) is 0 Å². The molecule has 0 rings (SSSR count). The maximum atomic E-state index is 5.76. The van der Waals surface area contributed by atoms with E-state index < -0.39 is 0 Å². The van der Waals surface area contributed by atoms with Crippen molar-refractivity contribution in [2.75, 3.05) is 4.93 Å². The third-order valence-corrected chi connectivity index (χ3v) is 4.77. The van der Waals surface area contributed by atoms with Crippen LogP contribution in [0.4, 0.5) is 0 Å². The number of rotatable bonds is 4. The molecule has 2 N–H and O–H groups in total. The molecule has 1 nitrogen and oxygen atoms in total. The molecular weight excluding hydrogens is 225 g/mol. The predicted molar refractivity (Wildman–Crippen MR) is 38.3 cm³/mol. The van der Waals surface area contributed by atoms with Gasteiger partial charge in [0.1, 0.15) is 0 Å². The third kappa shape index (κ3) is 4.14. The molecule has 0 heterocycles. The fourth-order valence-corrected chi connectivity index (χ4v) is 3.23. The van der Waals surface area contributed by atoms with Crippen molar-refractivity contribution in [2.24, 2.45) is 5.73 Å². The first-order chi connectivity index (χ1) is 4.22. The van der Waals surface area contributed by atoms with Crippen molar-refractivity contribution in [1.82, 2.24) is 0 Å². The summed E-state index contributed by atoms with van der Waals surface area (Å²) in [5.74, 6) is 0. The van der Waals surface area contributed by atoms with Crippen molar-refractivity contribution in [3.8, 4) is 0 Å². The summed E-state index contributed by atoms with van der Waals surface area (Å²) in [4.78, 5) is 2.32. The van der Waals surface area contributed by atoms with Crippen LogP contribution in [0.5, 0.6) is 0 Å². The summed E-state index contributed by atoms with van der Waals surface area (Å²) in [5.41, 5.74) is 5.76. The molecule has 0 aliphatic heterocycles. The molecule has 0 fully saturated rings. The Morgan fingerprint density at radius 3 is 2.22 bits per heavy atom. The van der Waals surface area contributed by atoms with E-state index >= 15 is 0 Å². The third-order valence-electron chi connectivity index (χ3n) is 1.42. The molecule has 0 amide bonds. The average molecular weight is 242 g/mol. The van der Waals surface area contributed by atoms with Crippen LogP contribution in [-0.2, 0) is 0 Å². The maximum absolute atomic E-state index is 5.76. The van der Waals surface area contributed by atoms with Gasteiger partial charge in [0.15, 0.2) is 0 Å². The topological polar surface area (TPSA) is 26.0 Å². The van der Waals surface area contributed by atoms with E-state index in [9.17, 15) is 0 Å². The van der Waals surface area contributed by atoms with Crippen LogP contribution in [0.25, 0.3) is 0 Å². The Balaban J connectivity index is 3.41. The van der Waals surface area contributed by atoms with Gasteiger partial charge in [-0.05, 0) is 0 Å². The van der Waals surface area contributed by atoms with Crippen LogP contribution in [0, 0.1) is 0 Å². The normalized spacial score (nSPS) is 17.8. The van der Waals surface area contributed by atoms with Gasteiger partial charge >= 0.3 is 68.5 Å².